The van der Waals surface area contributed by atoms with E-state index in [-0.39, 0.29) is 31.6 Å². The van der Waals surface area contributed by atoms with Crippen LogP contribution in [0.1, 0.15) is 31.4 Å². The van der Waals surface area contributed by atoms with Gasteiger partial charge >= 0.3 is 11.9 Å². The van der Waals surface area contributed by atoms with Crippen molar-refractivity contribution in [2.75, 3.05) is 19.7 Å². The van der Waals surface area contributed by atoms with Crippen molar-refractivity contribution < 1.29 is 27.9 Å². The average Bonchev–Trinajstić information content (AvgIpc) is 2.60. The quantitative estimate of drug-likeness (QED) is 0.690. The highest BCUT2D eigenvalue weighted by Crippen LogP contribution is 2.22. The molecule has 0 amide bonds. The van der Waals surface area contributed by atoms with Crippen LogP contribution in [0.2, 0.25) is 0 Å². The molecule has 1 aliphatic heterocycles. The van der Waals surface area contributed by atoms with Gasteiger partial charge in [-0.25, -0.2) is 0 Å². The number of hydrogen-bond acceptors (Lipinski definition) is 5. The van der Waals surface area contributed by atoms with E-state index < -0.39 is 22.2 Å². The molecule has 0 bridgehead atoms. The van der Waals surface area contributed by atoms with Crippen LogP contribution in [0.4, 0.5) is 0 Å². The molecule has 1 aliphatic rings. The number of carbonyl (C=O) groups excluding carboxylic acids is 1. The van der Waals surface area contributed by atoms with Gasteiger partial charge in [0, 0.05) is 13.1 Å². The number of carbonyl (C=O) groups is 2. The molecule has 138 valence electrons. The number of hydrogen-bond donors (Lipinski definition) is 2. The first-order valence-corrected chi connectivity index (χ1v) is 9.51. The van der Waals surface area contributed by atoms with Crippen molar-refractivity contribution in [3.8, 4) is 0 Å². The lowest BCUT2D eigenvalue weighted by Gasteiger charge is -2.31. The second-order valence-electron chi connectivity index (χ2n) is 5.73. The molecule has 25 heavy (non-hydrogen) atoms. The number of esters is 1. The highest BCUT2D eigenvalue weighted by Gasteiger charge is 2.34. The monoisotopic (exact) mass is 370 g/mol. The fourth-order valence-corrected chi connectivity index (χ4v) is 4.10. The highest BCUT2D eigenvalue weighted by molar-refractivity contribution is 7.87. The van der Waals surface area contributed by atoms with Gasteiger partial charge in [-0.2, -0.15) is 17.4 Å². The normalized spacial score (nSPS) is 17.8. The molecule has 0 radical (unpaired) electrons. The number of rotatable bonds is 7. The van der Waals surface area contributed by atoms with E-state index >= 15 is 0 Å². The molecule has 0 aliphatic carbocycles. The molecule has 2 N–H and O–H groups in total. The Labute approximate surface area is 147 Å². The van der Waals surface area contributed by atoms with Crippen LogP contribution in [-0.4, -0.2) is 49.5 Å². The lowest BCUT2D eigenvalue weighted by atomic mass is 9.98. The van der Waals surface area contributed by atoms with Gasteiger partial charge in [0.05, 0.1) is 12.5 Å². The maximum atomic E-state index is 12.5. The number of aliphatic carboxylic acids is 1. The van der Waals surface area contributed by atoms with Crippen molar-refractivity contribution >= 4 is 22.1 Å². The van der Waals surface area contributed by atoms with Crippen molar-refractivity contribution in [2.24, 2.45) is 5.92 Å². The van der Waals surface area contributed by atoms with Crippen LogP contribution in [0.3, 0.4) is 0 Å². The Balaban J connectivity index is 2.04. The standard InChI is InChI=1S/C16H22N2O6S/c1-2-24-16(21)13-8-10-18(11-9-13)25(22,23)17-14(15(19)20)12-6-4-3-5-7-12/h3-7,13-14,17H,2,8-11H2,1H3,(H,19,20)/t14-/m1/s1. The summed E-state index contributed by atoms with van der Waals surface area (Å²) >= 11 is 0. The smallest absolute Gasteiger partial charge is 0.326 e. The zero-order valence-electron chi connectivity index (χ0n) is 13.9. The summed E-state index contributed by atoms with van der Waals surface area (Å²) in [5.74, 6) is -1.92. The predicted octanol–water partition coefficient (Wildman–Crippen LogP) is 0.922. The van der Waals surface area contributed by atoms with Crippen molar-refractivity contribution in [1.29, 1.82) is 0 Å². The number of carboxylic acids is 1. The van der Waals surface area contributed by atoms with Gasteiger partial charge in [-0.1, -0.05) is 30.3 Å². The second-order valence-corrected chi connectivity index (χ2v) is 7.43. The van der Waals surface area contributed by atoms with Crippen LogP contribution in [0, 0.1) is 5.92 Å². The van der Waals surface area contributed by atoms with Crippen molar-refractivity contribution in [1.82, 2.24) is 9.03 Å². The summed E-state index contributed by atoms with van der Waals surface area (Å²) in [6.07, 6.45) is 0.700. The Bertz CT molecular complexity index is 699. The SMILES string of the molecule is CCOC(=O)C1CCN(S(=O)(=O)N[C@@H](C(=O)O)c2ccccc2)CC1. The number of nitrogens with one attached hydrogen (secondary N) is 1. The molecule has 1 heterocycles. The fourth-order valence-electron chi connectivity index (χ4n) is 2.72. The maximum absolute atomic E-state index is 12.5. The van der Waals surface area contributed by atoms with Crippen molar-refractivity contribution in [3.05, 3.63) is 35.9 Å². The fraction of sp³-hybridized carbons (Fsp3) is 0.500. The van der Waals surface area contributed by atoms with Gasteiger partial charge < -0.3 is 9.84 Å². The summed E-state index contributed by atoms with van der Waals surface area (Å²) in [4.78, 5) is 23.2. The van der Waals surface area contributed by atoms with Gasteiger partial charge in [-0.15, -0.1) is 0 Å². The first-order valence-electron chi connectivity index (χ1n) is 8.07. The van der Waals surface area contributed by atoms with Crippen LogP contribution < -0.4 is 4.72 Å². The molecule has 0 saturated carbocycles. The number of carboxylic acid groups (broad SMARTS) is 1. The van der Waals surface area contributed by atoms with E-state index in [0.717, 1.165) is 0 Å². The van der Waals surface area contributed by atoms with Gasteiger partial charge in [0.1, 0.15) is 6.04 Å². The van der Waals surface area contributed by atoms with Gasteiger partial charge in [0.25, 0.3) is 10.2 Å². The zero-order chi connectivity index (χ0) is 18.4. The summed E-state index contributed by atoms with van der Waals surface area (Å²) < 4.78 is 33.4. The van der Waals surface area contributed by atoms with Crippen LogP contribution in [0.15, 0.2) is 30.3 Å². The third kappa shape index (κ3) is 5.00. The van der Waals surface area contributed by atoms with Crippen LogP contribution >= 0.6 is 0 Å². The van der Waals surface area contributed by atoms with Gasteiger partial charge in [-0.05, 0) is 25.3 Å². The molecule has 9 heteroatoms. The lowest BCUT2D eigenvalue weighted by molar-refractivity contribution is -0.149. The Morgan fingerprint density at radius 1 is 1.28 bits per heavy atom. The van der Waals surface area contributed by atoms with E-state index in [1.807, 2.05) is 0 Å². The molecule has 1 aromatic rings. The molecule has 1 fully saturated rings. The molecule has 8 nitrogen and oxygen atoms in total. The average molecular weight is 370 g/mol. The van der Waals surface area contributed by atoms with Crippen molar-refractivity contribution in [2.45, 2.75) is 25.8 Å². The maximum Gasteiger partial charge on any atom is 0.326 e. The van der Waals surface area contributed by atoms with E-state index in [9.17, 15) is 23.1 Å². The molecule has 1 saturated heterocycles. The van der Waals surface area contributed by atoms with E-state index in [2.05, 4.69) is 4.72 Å². The molecular formula is C16H22N2O6S. The number of ether oxygens (including phenoxy) is 1. The number of benzene rings is 1. The molecule has 1 aromatic carbocycles. The third-order valence-corrected chi connectivity index (χ3v) is 5.64. The van der Waals surface area contributed by atoms with E-state index in [1.54, 1.807) is 37.3 Å². The molecule has 2 rings (SSSR count). The summed E-state index contributed by atoms with van der Waals surface area (Å²) in [6, 6.07) is 6.74. The van der Waals surface area contributed by atoms with E-state index in [0.29, 0.717) is 18.4 Å². The Morgan fingerprint density at radius 3 is 2.40 bits per heavy atom. The summed E-state index contributed by atoms with van der Waals surface area (Å²) in [6.45, 7) is 2.28. The number of piperidine rings is 1. The minimum Gasteiger partial charge on any atom is -0.480 e. The van der Waals surface area contributed by atoms with Gasteiger partial charge in [0.15, 0.2) is 0 Å². The summed E-state index contributed by atoms with van der Waals surface area (Å²) in [7, 11) is -3.99. The van der Waals surface area contributed by atoms with E-state index in [1.165, 1.54) is 4.31 Å². The topological polar surface area (TPSA) is 113 Å². The zero-order valence-corrected chi connectivity index (χ0v) is 14.7. The molecule has 0 unspecified atom stereocenters. The Kier molecular flexibility index (Phi) is 6.51. The van der Waals surface area contributed by atoms with Gasteiger partial charge in [0.2, 0.25) is 0 Å². The molecule has 0 spiro atoms. The summed E-state index contributed by atoms with van der Waals surface area (Å²) in [5.41, 5.74) is 0.347. The first-order chi connectivity index (χ1) is 11.8. The molecular weight excluding hydrogens is 348 g/mol. The van der Waals surface area contributed by atoms with Crippen molar-refractivity contribution in [3.63, 3.8) is 0 Å². The van der Waals surface area contributed by atoms with Crippen LogP contribution in [-0.2, 0) is 24.5 Å². The minimum absolute atomic E-state index is 0.139. The summed E-state index contributed by atoms with van der Waals surface area (Å²) in [5, 5.41) is 9.36. The third-order valence-electron chi connectivity index (χ3n) is 4.06. The van der Waals surface area contributed by atoms with Crippen LogP contribution in [0.25, 0.3) is 0 Å². The largest absolute Gasteiger partial charge is 0.480 e. The first kappa shape index (κ1) is 19.4. The highest BCUT2D eigenvalue weighted by atomic mass is 32.2. The molecule has 0 aromatic heterocycles. The predicted molar refractivity (Wildman–Crippen MR) is 89.8 cm³/mol. The molecule has 1 atom stereocenters. The Hall–Kier alpha value is -1.97. The minimum atomic E-state index is -3.99. The lowest BCUT2D eigenvalue weighted by Crippen LogP contribution is -2.48. The van der Waals surface area contributed by atoms with Gasteiger partial charge in [-0.3, -0.25) is 9.59 Å². The van der Waals surface area contributed by atoms with Crippen LogP contribution in [0.5, 0.6) is 0 Å². The number of nitrogens with zero attached hydrogens (tertiary/aromatic N) is 1. The second kappa shape index (κ2) is 8.41. The van der Waals surface area contributed by atoms with E-state index in [4.69, 9.17) is 4.74 Å². The Morgan fingerprint density at radius 2 is 1.88 bits per heavy atom.